The van der Waals surface area contributed by atoms with Crippen molar-refractivity contribution in [3.05, 3.63) is 30.2 Å². The van der Waals surface area contributed by atoms with Gasteiger partial charge in [-0.1, -0.05) is 30.5 Å². The van der Waals surface area contributed by atoms with E-state index < -0.39 is 0 Å². The predicted molar refractivity (Wildman–Crippen MR) is 65.2 cm³/mol. The number of nitrogen functional groups attached to an aromatic ring is 1. The van der Waals surface area contributed by atoms with Crippen LogP contribution in [0.5, 0.6) is 0 Å². The van der Waals surface area contributed by atoms with Crippen molar-refractivity contribution in [2.75, 3.05) is 5.73 Å². The normalized spacial score (nSPS) is 15.8. The number of hydrogen-bond acceptors (Lipinski definition) is 4. The third-order valence-corrected chi connectivity index (χ3v) is 3.41. The van der Waals surface area contributed by atoms with E-state index in [9.17, 15) is 0 Å². The fraction of sp³-hybridized carbons (Fsp3) is 0.385. The molecular formula is C13H15N3O. The van der Waals surface area contributed by atoms with Crippen molar-refractivity contribution in [3.63, 3.8) is 0 Å². The first-order valence-corrected chi connectivity index (χ1v) is 6.00. The molecule has 2 aromatic rings. The maximum atomic E-state index is 5.86. The van der Waals surface area contributed by atoms with Crippen LogP contribution in [0.1, 0.15) is 25.0 Å². The molecule has 17 heavy (non-hydrogen) atoms. The number of aromatic nitrogens is 2. The monoisotopic (exact) mass is 229 g/mol. The van der Waals surface area contributed by atoms with E-state index in [1.807, 2.05) is 18.2 Å². The highest BCUT2D eigenvalue weighted by Crippen LogP contribution is 2.35. The van der Waals surface area contributed by atoms with Crippen LogP contribution in [0.25, 0.3) is 11.3 Å². The van der Waals surface area contributed by atoms with E-state index in [-0.39, 0.29) is 0 Å². The van der Waals surface area contributed by atoms with Crippen LogP contribution in [0.3, 0.4) is 0 Å². The molecule has 1 aliphatic carbocycles. The topological polar surface area (TPSA) is 64.9 Å². The molecule has 88 valence electrons. The molecule has 0 bridgehead atoms. The van der Waals surface area contributed by atoms with Gasteiger partial charge in [0.05, 0.1) is 11.3 Å². The Labute approximate surface area is 99.8 Å². The Morgan fingerprint density at radius 2 is 2.24 bits per heavy atom. The number of hydrogen-bond donors (Lipinski definition) is 1. The molecule has 0 spiro atoms. The Bertz CT molecular complexity index is 503. The molecule has 0 unspecified atom stereocenters. The average molecular weight is 229 g/mol. The first kappa shape index (κ1) is 10.3. The van der Waals surface area contributed by atoms with Crippen molar-refractivity contribution in [1.29, 1.82) is 0 Å². The number of rotatable bonds is 3. The molecule has 1 saturated carbocycles. The molecule has 3 rings (SSSR count). The molecule has 1 aliphatic rings. The Morgan fingerprint density at radius 1 is 1.35 bits per heavy atom. The highest BCUT2D eigenvalue weighted by molar-refractivity contribution is 5.72. The maximum Gasteiger partial charge on any atom is 0.176 e. The van der Waals surface area contributed by atoms with Crippen LogP contribution < -0.4 is 5.73 Å². The van der Waals surface area contributed by atoms with Crippen LogP contribution in [0.4, 0.5) is 5.82 Å². The van der Waals surface area contributed by atoms with Gasteiger partial charge in [0.1, 0.15) is 5.76 Å². The van der Waals surface area contributed by atoms with E-state index in [0.717, 1.165) is 29.4 Å². The van der Waals surface area contributed by atoms with E-state index in [1.54, 1.807) is 6.20 Å². The molecule has 0 atom stereocenters. The molecule has 1 fully saturated rings. The van der Waals surface area contributed by atoms with Crippen LogP contribution in [0, 0.1) is 5.92 Å². The minimum Gasteiger partial charge on any atom is -0.380 e. The average Bonchev–Trinajstić information content (AvgIpc) is 2.66. The lowest BCUT2D eigenvalue weighted by molar-refractivity contribution is 0.279. The van der Waals surface area contributed by atoms with Crippen molar-refractivity contribution in [2.45, 2.75) is 25.7 Å². The summed E-state index contributed by atoms with van der Waals surface area (Å²) in [5, 5.41) is 3.87. The molecule has 4 heteroatoms. The van der Waals surface area contributed by atoms with Crippen LogP contribution in [-0.4, -0.2) is 10.1 Å². The van der Waals surface area contributed by atoms with Gasteiger partial charge in [-0.2, -0.15) is 0 Å². The molecular weight excluding hydrogens is 214 g/mol. The molecule has 0 radical (unpaired) electrons. The maximum absolute atomic E-state index is 5.86. The standard InChI is InChI=1S/C13H15N3O/c14-13-12(10-6-1-2-7-15-10)11(17-16-13)8-9-4-3-5-9/h1-2,6-7,9H,3-5,8H2,(H2,14,16). The van der Waals surface area contributed by atoms with Gasteiger partial charge in [0.15, 0.2) is 5.82 Å². The molecule has 2 aromatic heterocycles. The lowest BCUT2D eigenvalue weighted by Gasteiger charge is -2.24. The summed E-state index contributed by atoms with van der Waals surface area (Å²) in [6, 6.07) is 5.77. The van der Waals surface area contributed by atoms with Gasteiger partial charge < -0.3 is 10.3 Å². The van der Waals surface area contributed by atoms with Gasteiger partial charge in [0, 0.05) is 12.6 Å². The zero-order valence-electron chi connectivity index (χ0n) is 9.60. The van der Waals surface area contributed by atoms with Gasteiger partial charge in [-0.25, -0.2) is 0 Å². The summed E-state index contributed by atoms with van der Waals surface area (Å²) < 4.78 is 5.34. The van der Waals surface area contributed by atoms with Crippen molar-refractivity contribution < 1.29 is 4.52 Å². The van der Waals surface area contributed by atoms with Crippen LogP contribution in [-0.2, 0) is 6.42 Å². The zero-order chi connectivity index (χ0) is 11.7. The SMILES string of the molecule is Nc1noc(CC2CCC2)c1-c1ccccn1. The predicted octanol–water partition coefficient (Wildman–Crippen LogP) is 2.66. The number of anilines is 1. The van der Waals surface area contributed by atoms with Crippen molar-refractivity contribution >= 4 is 5.82 Å². The molecule has 2 heterocycles. The summed E-state index contributed by atoms with van der Waals surface area (Å²) in [4.78, 5) is 4.31. The number of nitrogens with zero attached hydrogens (tertiary/aromatic N) is 2. The van der Waals surface area contributed by atoms with Crippen molar-refractivity contribution in [1.82, 2.24) is 10.1 Å². The summed E-state index contributed by atoms with van der Waals surface area (Å²) in [5.41, 5.74) is 7.58. The van der Waals surface area contributed by atoms with Crippen LogP contribution >= 0.6 is 0 Å². The Morgan fingerprint density at radius 3 is 2.88 bits per heavy atom. The molecule has 0 aliphatic heterocycles. The second-order valence-corrected chi connectivity index (χ2v) is 4.58. The molecule has 4 nitrogen and oxygen atoms in total. The van der Waals surface area contributed by atoms with Crippen molar-refractivity contribution in [2.24, 2.45) is 5.92 Å². The van der Waals surface area contributed by atoms with Gasteiger partial charge >= 0.3 is 0 Å². The summed E-state index contributed by atoms with van der Waals surface area (Å²) in [6.07, 6.45) is 6.57. The highest BCUT2D eigenvalue weighted by Gasteiger charge is 2.24. The summed E-state index contributed by atoms with van der Waals surface area (Å²) in [5.74, 6) is 2.05. The lowest BCUT2D eigenvalue weighted by Crippen LogP contribution is -2.13. The number of nitrogens with two attached hydrogens (primary N) is 1. The second kappa shape index (κ2) is 4.20. The fourth-order valence-electron chi connectivity index (χ4n) is 2.22. The third-order valence-electron chi connectivity index (χ3n) is 3.41. The van der Waals surface area contributed by atoms with Gasteiger partial charge in [-0.3, -0.25) is 4.98 Å². The fourth-order valence-corrected chi connectivity index (χ4v) is 2.22. The van der Waals surface area contributed by atoms with Gasteiger partial charge in [0.25, 0.3) is 0 Å². The van der Waals surface area contributed by atoms with Crippen LogP contribution in [0.15, 0.2) is 28.9 Å². The van der Waals surface area contributed by atoms with Gasteiger partial charge in [-0.05, 0) is 18.1 Å². The van der Waals surface area contributed by atoms with E-state index in [4.69, 9.17) is 10.3 Å². The Kier molecular flexibility index (Phi) is 2.55. The minimum absolute atomic E-state index is 0.443. The summed E-state index contributed by atoms with van der Waals surface area (Å²) in [7, 11) is 0. The van der Waals surface area contributed by atoms with E-state index in [1.165, 1.54) is 19.3 Å². The molecule has 0 saturated heterocycles. The van der Waals surface area contributed by atoms with Crippen LogP contribution in [0.2, 0.25) is 0 Å². The smallest absolute Gasteiger partial charge is 0.176 e. The second-order valence-electron chi connectivity index (χ2n) is 4.58. The number of pyridine rings is 1. The molecule has 2 N–H and O–H groups in total. The zero-order valence-corrected chi connectivity index (χ0v) is 9.60. The van der Waals surface area contributed by atoms with E-state index in [0.29, 0.717) is 5.82 Å². The molecule has 0 aromatic carbocycles. The summed E-state index contributed by atoms with van der Waals surface area (Å²) in [6.45, 7) is 0. The van der Waals surface area contributed by atoms with E-state index in [2.05, 4.69) is 10.1 Å². The molecule has 0 amide bonds. The van der Waals surface area contributed by atoms with Gasteiger partial charge in [-0.15, -0.1) is 0 Å². The first-order chi connectivity index (χ1) is 8.34. The third kappa shape index (κ3) is 1.90. The largest absolute Gasteiger partial charge is 0.380 e. The lowest BCUT2D eigenvalue weighted by atomic mass is 9.81. The Balaban J connectivity index is 1.94. The minimum atomic E-state index is 0.443. The first-order valence-electron chi connectivity index (χ1n) is 6.00. The summed E-state index contributed by atoms with van der Waals surface area (Å²) >= 11 is 0. The van der Waals surface area contributed by atoms with Crippen molar-refractivity contribution in [3.8, 4) is 11.3 Å². The Hall–Kier alpha value is -1.84. The van der Waals surface area contributed by atoms with Gasteiger partial charge in [0.2, 0.25) is 0 Å². The van der Waals surface area contributed by atoms with E-state index >= 15 is 0 Å². The highest BCUT2D eigenvalue weighted by atomic mass is 16.5. The quantitative estimate of drug-likeness (QED) is 0.878.